The van der Waals surface area contributed by atoms with E-state index in [9.17, 15) is 19.8 Å². The number of hydrogen-bond acceptors (Lipinski definition) is 8. The van der Waals surface area contributed by atoms with Crippen LogP contribution in [0.15, 0.2) is 52.8 Å². The van der Waals surface area contributed by atoms with Crippen LogP contribution in [0.25, 0.3) is 10.9 Å². The largest absolute Gasteiger partial charge is 0.477 e. The molecular weight excluding hydrogens is 618 g/mol. The zero-order valence-corrected chi connectivity index (χ0v) is 25.3. The first-order valence-electron chi connectivity index (χ1n) is 13.9. The van der Waals surface area contributed by atoms with Crippen LogP contribution in [0.1, 0.15) is 34.8 Å². The quantitative estimate of drug-likeness (QED) is 0.242. The lowest BCUT2D eigenvalue weighted by molar-refractivity contribution is 0.0694. The van der Waals surface area contributed by atoms with Gasteiger partial charge in [0.15, 0.2) is 0 Å². The van der Waals surface area contributed by atoms with Gasteiger partial charge in [0.25, 0.3) is 0 Å². The van der Waals surface area contributed by atoms with Gasteiger partial charge in [-0.1, -0.05) is 41.0 Å². The molecule has 4 aromatic rings. The predicted molar refractivity (Wildman–Crippen MR) is 164 cm³/mol. The molecule has 3 heterocycles. The Morgan fingerprint density at radius 2 is 1.88 bits per heavy atom. The zero-order chi connectivity index (χ0) is 30.2. The summed E-state index contributed by atoms with van der Waals surface area (Å²) in [6, 6.07) is 8.37. The van der Waals surface area contributed by atoms with Crippen molar-refractivity contribution in [2.75, 3.05) is 43.4 Å². The molecule has 0 radical (unpaired) electrons. The van der Waals surface area contributed by atoms with Gasteiger partial charge < -0.3 is 19.7 Å². The van der Waals surface area contributed by atoms with Crippen LogP contribution in [0.3, 0.4) is 0 Å². The zero-order valence-electron chi connectivity index (χ0n) is 23.0. The predicted octanol–water partition coefficient (Wildman–Crippen LogP) is 4.40. The maximum absolute atomic E-state index is 15.3. The van der Waals surface area contributed by atoms with Gasteiger partial charge in [0.05, 0.1) is 33.9 Å². The normalized spacial score (nSPS) is 16.6. The minimum Gasteiger partial charge on any atom is -0.477 e. The number of aromatic nitrogens is 4. The van der Waals surface area contributed by atoms with Crippen LogP contribution < -0.4 is 10.3 Å². The van der Waals surface area contributed by atoms with Crippen LogP contribution in [0, 0.1) is 5.82 Å². The first-order chi connectivity index (χ1) is 20.7. The number of piperazine rings is 1. The molecule has 1 saturated carbocycles. The van der Waals surface area contributed by atoms with Gasteiger partial charge in [-0.15, -0.1) is 5.10 Å². The summed E-state index contributed by atoms with van der Waals surface area (Å²) in [6.07, 6.45) is 4.20. The number of aliphatic hydroxyl groups excluding tert-OH is 1. The smallest absolute Gasteiger partial charge is 0.341 e. The average Bonchev–Trinajstić information content (AvgIpc) is 3.73. The third-order valence-corrected chi connectivity index (χ3v) is 9.44. The van der Waals surface area contributed by atoms with Gasteiger partial charge in [-0.25, -0.2) is 18.9 Å². The molecule has 2 fully saturated rings. The molecule has 2 N–H and O–H groups in total. The van der Waals surface area contributed by atoms with E-state index in [1.54, 1.807) is 33.8 Å². The minimum absolute atomic E-state index is 0.0843. The summed E-state index contributed by atoms with van der Waals surface area (Å²) in [5.74, 6) is -1.44. The van der Waals surface area contributed by atoms with Crippen molar-refractivity contribution in [3.8, 4) is 0 Å². The lowest BCUT2D eigenvalue weighted by atomic mass is 10.1. The lowest BCUT2D eigenvalue weighted by Crippen LogP contribution is -2.49. The number of nitrogens with zero attached hydrogens (tertiary/aromatic N) is 6. The molecule has 1 unspecified atom stereocenters. The summed E-state index contributed by atoms with van der Waals surface area (Å²) in [5.41, 5.74) is 0.877. The van der Waals surface area contributed by atoms with Crippen molar-refractivity contribution >= 4 is 57.5 Å². The highest BCUT2D eigenvalue weighted by Crippen LogP contribution is 2.38. The number of rotatable bonds is 10. The molecule has 1 aliphatic carbocycles. The highest BCUT2D eigenvalue weighted by atomic mass is 35.5. The molecule has 1 saturated heterocycles. The van der Waals surface area contributed by atoms with Crippen LogP contribution in [0.2, 0.25) is 10.0 Å². The van der Waals surface area contributed by atoms with Gasteiger partial charge in [-0.2, -0.15) is 0 Å². The summed E-state index contributed by atoms with van der Waals surface area (Å²) >= 11 is 13.5. The number of carbonyl (C=O) groups is 1. The molecule has 2 aromatic heterocycles. The summed E-state index contributed by atoms with van der Waals surface area (Å²) in [4.78, 5) is 32.8. The maximum Gasteiger partial charge on any atom is 0.341 e. The number of fused-ring (bicyclic) bond motifs is 1. The SMILES string of the molecule is O=C(O)c1cn(C2CC2)c2cc(N3CCN(CC(O)CSc4ncn(Cc5ccc(Cl)c(Cl)c5)n4)CC3)c(F)cc2c1=O. The van der Waals surface area contributed by atoms with Crippen molar-refractivity contribution in [1.29, 1.82) is 0 Å². The Bertz CT molecular complexity index is 1740. The summed E-state index contributed by atoms with van der Waals surface area (Å²) < 4.78 is 18.8. The standard InChI is InChI=1S/C29H29Cl2FN6O4S/c30-22-4-1-17(9-23(22)31)12-37-16-33-29(34-37)43-15-19(39)13-35-5-7-36(8-6-35)26-11-25-20(10-24(26)32)27(40)21(28(41)42)14-38(25)18-2-3-18/h1,4,9-11,14,16,18-19,39H,2-3,5-8,12-13,15H2,(H,41,42). The first-order valence-corrected chi connectivity index (χ1v) is 15.6. The lowest BCUT2D eigenvalue weighted by Gasteiger charge is -2.37. The van der Waals surface area contributed by atoms with Crippen molar-refractivity contribution in [3.05, 3.63) is 80.1 Å². The Balaban J connectivity index is 1.04. The number of pyridine rings is 1. The molecule has 2 aliphatic rings. The van der Waals surface area contributed by atoms with E-state index in [1.165, 1.54) is 24.0 Å². The number of aromatic carboxylic acids is 1. The molecule has 2 aromatic carbocycles. The third kappa shape index (κ3) is 6.68. The number of β-amino-alcohol motifs (C(OH)–C–C–N with tert-alkyl or cyclic N) is 1. The van der Waals surface area contributed by atoms with Crippen LogP contribution >= 0.6 is 35.0 Å². The van der Waals surface area contributed by atoms with Crippen LogP contribution in [-0.2, 0) is 6.54 Å². The van der Waals surface area contributed by atoms with E-state index in [-0.39, 0.29) is 17.0 Å². The summed E-state index contributed by atoms with van der Waals surface area (Å²) in [7, 11) is 0. The molecule has 226 valence electrons. The summed E-state index contributed by atoms with van der Waals surface area (Å²) in [5, 5.41) is 26.2. The van der Waals surface area contributed by atoms with E-state index in [4.69, 9.17) is 23.2 Å². The molecule has 1 aliphatic heterocycles. The Morgan fingerprint density at radius 1 is 1.12 bits per heavy atom. The molecule has 0 spiro atoms. The van der Waals surface area contributed by atoms with E-state index < -0.39 is 23.3 Å². The molecular formula is C29H29Cl2FN6O4S. The van der Waals surface area contributed by atoms with E-state index >= 15 is 4.39 Å². The molecule has 14 heteroatoms. The second kappa shape index (κ2) is 12.4. The van der Waals surface area contributed by atoms with Gasteiger partial charge >= 0.3 is 5.97 Å². The minimum atomic E-state index is -1.31. The molecule has 0 amide bonds. The number of benzene rings is 2. The van der Waals surface area contributed by atoms with E-state index in [0.29, 0.717) is 71.4 Å². The van der Waals surface area contributed by atoms with E-state index in [0.717, 1.165) is 18.4 Å². The highest BCUT2D eigenvalue weighted by Gasteiger charge is 2.29. The van der Waals surface area contributed by atoms with Crippen molar-refractivity contribution in [1.82, 2.24) is 24.2 Å². The Morgan fingerprint density at radius 3 is 2.58 bits per heavy atom. The Kier molecular flexibility index (Phi) is 8.65. The Hall–Kier alpha value is -3.16. The fraction of sp³-hybridized carbons (Fsp3) is 0.379. The van der Waals surface area contributed by atoms with Crippen LogP contribution in [0.4, 0.5) is 10.1 Å². The van der Waals surface area contributed by atoms with Gasteiger partial charge in [-0.3, -0.25) is 9.69 Å². The second-order valence-corrected chi connectivity index (χ2v) is 12.7. The number of hydrogen-bond donors (Lipinski definition) is 2. The second-order valence-electron chi connectivity index (χ2n) is 10.9. The molecule has 43 heavy (non-hydrogen) atoms. The number of halogens is 3. The van der Waals surface area contributed by atoms with E-state index in [2.05, 4.69) is 15.0 Å². The fourth-order valence-corrected chi connectivity index (χ4v) is 6.40. The van der Waals surface area contributed by atoms with Crippen LogP contribution in [-0.4, -0.2) is 85.0 Å². The van der Waals surface area contributed by atoms with Gasteiger partial charge in [0.1, 0.15) is 17.7 Å². The van der Waals surface area contributed by atoms with Crippen molar-refractivity contribution in [2.24, 2.45) is 0 Å². The molecule has 6 rings (SSSR count). The third-order valence-electron chi connectivity index (χ3n) is 7.70. The maximum atomic E-state index is 15.3. The number of thioether (sulfide) groups is 1. The number of carboxylic acid groups (broad SMARTS) is 1. The average molecular weight is 648 g/mol. The number of anilines is 1. The summed E-state index contributed by atoms with van der Waals surface area (Å²) in [6.45, 7) is 3.31. The highest BCUT2D eigenvalue weighted by molar-refractivity contribution is 7.99. The van der Waals surface area contributed by atoms with Crippen molar-refractivity contribution in [2.45, 2.75) is 36.7 Å². The van der Waals surface area contributed by atoms with Gasteiger partial charge in [-0.05, 0) is 42.7 Å². The first kappa shape index (κ1) is 29.9. The van der Waals surface area contributed by atoms with Gasteiger partial charge in [0.2, 0.25) is 10.6 Å². The van der Waals surface area contributed by atoms with Crippen LogP contribution in [0.5, 0.6) is 0 Å². The topological polar surface area (TPSA) is 117 Å². The Labute approximate surface area is 260 Å². The number of carboxylic acids is 1. The molecule has 1 atom stereocenters. The number of aliphatic hydroxyl groups is 1. The monoisotopic (exact) mass is 646 g/mol. The van der Waals surface area contributed by atoms with E-state index in [1.807, 2.05) is 11.0 Å². The molecule has 0 bridgehead atoms. The van der Waals surface area contributed by atoms with Crippen molar-refractivity contribution < 1.29 is 19.4 Å². The van der Waals surface area contributed by atoms with Gasteiger partial charge in [0, 0.05) is 56.1 Å². The fourth-order valence-electron chi connectivity index (χ4n) is 5.35. The molecule has 10 nitrogen and oxygen atoms in total. The van der Waals surface area contributed by atoms with Crippen molar-refractivity contribution in [3.63, 3.8) is 0 Å².